The van der Waals surface area contributed by atoms with Crippen LogP contribution in [0.1, 0.15) is 49.3 Å². The van der Waals surface area contributed by atoms with E-state index >= 15 is 0 Å². The number of ketones is 1. The van der Waals surface area contributed by atoms with Crippen LogP contribution in [0.2, 0.25) is 0 Å². The average molecular weight is 218 g/mol. The lowest BCUT2D eigenvalue weighted by Gasteiger charge is -2.08. The summed E-state index contributed by atoms with van der Waals surface area (Å²) in [4.78, 5) is 11.8. The van der Waals surface area contributed by atoms with E-state index in [4.69, 9.17) is 0 Å². The molecule has 0 atom stereocenters. The third-order valence-corrected chi connectivity index (χ3v) is 3.08. The van der Waals surface area contributed by atoms with Crippen LogP contribution in [0.3, 0.4) is 0 Å². The zero-order valence-corrected chi connectivity index (χ0v) is 10.7. The first-order chi connectivity index (χ1) is 7.65. The molecule has 0 saturated heterocycles. The number of carbonyl (C=O) groups excluding carboxylic acids is 1. The zero-order chi connectivity index (χ0) is 12.0. The number of aryl methyl sites for hydroxylation is 2. The molecule has 1 aromatic rings. The Balaban J connectivity index is 2.56. The van der Waals surface area contributed by atoms with Crippen LogP contribution >= 0.6 is 0 Å². The van der Waals surface area contributed by atoms with Crippen LogP contribution in [-0.4, -0.2) is 5.78 Å². The maximum absolute atomic E-state index is 11.8. The number of Topliss-reactive ketones (excluding diaryl/α,β-unsaturated/α-hetero) is 1. The molecule has 0 amide bonds. The molecule has 1 rings (SSSR count). The van der Waals surface area contributed by atoms with Crippen molar-refractivity contribution in [3.05, 3.63) is 34.9 Å². The Bertz CT molecular complexity index is 332. The summed E-state index contributed by atoms with van der Waals surface area (Å²) >= 11 is 0. The first kappa shape index (κ1) is 13.0. The number of unbranched alkanes of at least 4 members (excludes halogenated alkanes) is 2. The summed E-state index contributed by atoms with van der Waals surface area (Å²) in [5, 5.41) is 0. The third-order valence-electron chi connectivity index (χ3n) is 3.08. The molecule has 0 heterocycles. The van der Waals surface area contributed by atoms with E-state index in [0.29, 0.717) is 12.2 Å². The van der Waals surface area contributed by atoms with Gasteiger partial charge in [0.25, 0.3) is 0 Å². The lowest BCUT2D eigenvalue weighted by Crippen LogP contribution is -2.05. The highest BCUT2D eigenvalue weighted by Gasteiger charge is 2.07. The molecule has 0 N–H and O–H groups in total. The minimum Gasteiger partial charge on any atom is -0.299 e. The molecule has 0 radical (unpaired) electrons. The smallest absolute Gasteiger partial charge is 0.137 e. The Morgan fingerprint density at radius 3 is 2.31 bits per heavy atom. The van der Waals surface area contributed by atoms with Crippen molar-refractivity contribution in [1.29, 1.82) is 0 Å². The van der Waals surface area contributed by atoms with Crippen LogP contribution in [0.25, 0.3) is 0 Å². The molecule has 0 aliphatic rings. The summed E-state index contributed by atoms with van der Waals surface area (Å²) in [6.45, 7) is 6.33. The molecule has 0 spiro atoms. The maximum atomic E-state index is 11.8. The molecule has 1 aromatic carbocycles. The molecule has 0 fully saturated rings. The second kappa shape index (κ2) is 6.47. The fraction of sp³-hybridized carbons (Fsp3) is 0.533. The zero-order valence-electron chi connectivity index (χ0n) is 10.7. The van der Waals surface area contributed by atoms with Crippen molar-refractivity contribution < 1.29 is 4.79 Å². The van der Waals surface area contributed by atoms with Crippen LogP contribution < -0.4 is 0 Å². The van der Waals surface area contributed by atoms with E-state index in [1.165, 1.54) is 29.5 Å². The highest BCUT2D eigenvalue weighted by molar-refractivity contribution is 5.81. The topological polar surface area (TPSA) is 17.1 Å². The minimum absolute atomic E-state index is 0.380. The Morgan fingerprint density at radius 1 is 1.12 bits per heavy atom. The Labute approximate surface area is 98.9 Å². The number of hydrogen-bond donors (Lipinski definition) is 0. The minimum atomic E-state index is 0.380. The van der Waals surface area contributed by atoms with Crippen molar-refractivity contribution in [2.45, 2.75) is 52.9 Å². The molecule has 0 saturated carbocycles. The van der Waals surface area contributed by atoms with E-state index in [9.17, 15) is 4.79 Å². The summed E-state index contributed by atoms with van der Waals surface area (Å²) in [5.41, 5.74) is 3.71. The number of hydrogen-bond acceptors (Lipinski definition) is 1. The maximum Gasteiger partial charge on any atom is 0.137 e. The van der Waals surface area contributed by atoms with Crippen LogP contribution in [0.15, 0.2) is 18.2 Å². The standard InChI is InChI=1S/C15H22O/c1-4-5-6-10-14(16)11-15-12(2)8-7-9-13(15)3/h7-9H,4-6,10-11H2,1-3H3. The van der Waals surface area contributed by atoms with Crippen molar-refractivity contribution in [3.63, 3.8) is 0 Å². The van der Waals surface area contributed by atoms with E-state index < -0.39 is 0 Å². The van der Waals surface area contributed by atoms with E-state index in [2.05, 4.69) is 39.0 Å². The normalized spacial score (nSPS) is 10.4. The molecule has 0 bridgehead atoms. The summed E-state index contributed by atoms with van der Waals surface area (Å²) in [6.07, 6.45) is 4.74. The summed E-state index contributed by atoms with van der Waals surface area (Å²) in [6, 6.07) is 6.22. The van der Waals surface area contributed by atoms with Gasteiger partial charge in [-0.3, -0.25) is 4.79 Å². The van der Waals surface area contributed by atoms with Crippen LogP contribution in [0.4, 0.5) is 0 Å². The number of carbonyl (C=O) groups is 1. The van der Waals surface area contributed by atoms with Crippen molar-refractivity contribution in [2.24, 2.45) is 0 Å². The summed E-state index contributed by atoms with van der Waals surface area (Å²) in [5.74, 6) is 0.380. The largest absolute Gasteiger partial charge is 0.299 e. The number of benzene rings is 1. The van der Waals surface area contributed by atoms with E-state index in [-0.39, 0.29) is 0 Å². The predicted octanol–water partition coefficient (Wildman–Crippen LogP) is 4.00. The van der Waals surface area contributed by atoms with E-state index in [0.717, 1.165) is 12.8 Å². The SMILES string of the molecule is CCCCCC(=O)Cc1c(C)cccc1C. The lowest BCUT2D eigenvalue weighted by atomic mass is 9.96. The molecule has 88 valence electrons. The highest BCUT2D eigenvalue weighted by Crippen LogP contribution is 2.15. The Hall–Kier alpha value is -1.11. The molecule has 1 heteroatoms. The molecule has 0 aliphatic heterocycles. The average Bonchev–Trinajstić information content (AvgIpc) is 2.24. The fourth-order valence-corrected chi connectivity index (χ4v) is 1.99. The molecule has 0 unspecified atom stereocenters. The predicted molar refractivity (Wildman–Crippen MR) is 68.8 cm³/mol. The first-order valence-electron chi connectivity index (χ1n) is 6.22. The van der Waals surface area contributed by atoms with Gasteiger partial charge >= 0.3 is 0 Å². The van der Waals surface area contributed by atoms with Crippen molar-refractivity contribution >= 4 is 5.78 Å². The van der Waals surface area contributed by atoms with Crippen molar-refractivity contribution in [1.82, 2.24) is 0 Å². The van der Waals surface area contributed by atoms with Gasteiger partial charge in [-0.15, -0.1) is 0 Å². The summed E-state index contributed by atoms with van der Waals surface area (Å²) < 4.78 is 0. The van der Waals surface area contributed by atoms with Gasteiger partial charge in [0.1, 0.15) is 5.78 Å². The second-order valence-corrected chi connectivity index (χ2v) is 4.54. The quantitative estimate of drug-likeness (QED) is 0.660. The molecule has 1 nitrogen and oxygen atoms in total. The lowest BCUT2D eigenvalue weighted by molar-refractivity contribution is -0.118. The van der Waals surface area contributed by atoms with Crippen LogP contribution in [-0.2, 0) is 11.2 Å². The van der Waals surface area contributed by atoms with Gasteiger partial charge in [-0.25, -0.2) is 0 Å². The molecular formula is C15H22O. The van der Waals surface area contributed by atoms with Crippen molar-refractivity contribution in [3.8, 4) is 0 Å². The Morgan fingerprint density at radius 2 is 1.75 bits per heavy atom. The highest BCUT2D eigenvalue weighted by atomic mass is 16.1. The van der Waals surface area contributed by atoms with E-state index in [1.807, 2.05) is 0 Å². The summed E-state index contributed by atoms with van der Waals surface area (Å²) in [7, 11) is 0. The van der Waals surface area contributed by atoms with Crippen LogP contribution in [0, 0.1) is 13.8 Å². The monoisotopic (exact) mass is 218 g/mol. The second-order valence-electron chi connectivity index (χ2n) is 4.54. The molecular weight excluding hydrogens is 196 g/mol. The molecule has 0 aliphatic carbocycles. The first-order valence-corrected chi connectivity index (χ1v) is 6.22. The molecule has 0 aromatic heterocycles. The van der Waals surface area contributed by atoms with Gasteiger partial charge in [0.05, 0.1) is 0 Å². The van der Waals surface area contributed by atoms with Gasteiger partial charge in [0.2, 0.25) is 0 Å². The van der Waals surface area contributed by atoms with Crippen LogP contribution in [0.5, 0.6) is 0 Å². The molecule has 16 heavy (non-hydrogen) atoms. The van der Waals surface area contributed by atoms with Crippen molar-refractivity contribution in [2.75, 3.05) is 0 Å². The number of rotatable bonds is 6. The van der Waals surface area contributed by atoms with Gasteiger partial charge < -0.3 is 0 Å². The van der Waals surface area contributed by atoms with Gasteiger partial charge in [-0.1, -0.05) is 38.0 Å². The van der Waals surface area contributed by atoms with Gasteiger partial charge in [-0.05, 0) is 37.0 Å². The third kappa shape index (κ3) is 3.80. The fourth-order valence-electron chi connectivity index (χ4n) is 1.99. The van der Waals surface area contributed by atoms with Gasteiger partial charge in [0.15, 0.2) is 0 Å². The van der Waals surface area contributed by atoms with Gasteiger partial charge in [0, 0.05) is 12.8 Å². The Kier molecular flexibility index (Phi) is 5.24. The van der Waals surface area contributed by atoms with Gasteiger partial charge in [-0.2, -0.15) is 0 Å². The van der Waals surface area contributed by atoms with E-state index in [1.54, 1.807) is 0 Å².